The van der Waals surface area contributed by atoms with Gasteiger partial charge >= 0.3 is 0 Å². The van der Waals surface area contributed by atoms with Gasteiger partial charge in [0.2, 0.25) is 0 Å². The normalized spacial score (nSPS) is 23.6. The zero-order valence-electron chi connectivity index (χ0n) is 10.5. The van der Waals surface area contributed by atoms with Gasteiger partial charge in [-0.3, -0.25) is 4.90 Å². The first-order valence-electron chi connectivity index (χ1n) is 6.46. The summed E-state index contributed by atoms with van der Waals surface area (Å²) in [6.45, 7) is 7.92. The van der Waals surface area contributed by atoms with Crippen LogP contribution in [0.5, 0.6) is 0 Å². The van der Waals surface area contributed by atoms with Crippen LogP contribution in [0, 0.1) is 0 Å². The molecule has 0 spiro atoms. The number of nitrogens with one attached hydrogen (secondary N) is 3. The minimum atomic E-state index is -0.635. The van der Waals surface area contributed by atoms with Crippen molar-refractivity contribution in [1.82, 2.24) is 20.9 Å². The summed E-state index contributed by atoms with van der Waals surface area (Å²) in [5, 5.41) is 28.4. The standard InChI is InChI=1S/C11H26N4O2/c16-10-11(17)9-15-7-5-13-3-1-12-2-4-14-6-8-15/h11-14,16-17H,1-10H2. The van der Waals surface area contributed by atoms with Gasteiger partial charge in [-0.15, -0.1) is 0 Å². The van der Waals surface area contributed by atoms with Gasteiger partial charge in [0.05, 0.1) is 12.7 Å². The SMILES string of the molecule is OCC(O)CN1CCNCCNCCNCC1. The zero-order chi connectivity index (χ0) is 12.3. The molecule has 1 atom stereocenters. The van der Waals surface area contributed by atoms with Crippen LogP contribution in [0.2, 0.25) is 0 Å². The third-order valence-electron chi connectivity index (χ3n) is 2.85. The van der Waals surface area contributed by atoms with E-state index in [2.05, 4.69) is 20.9 Å². The topological polar surface area (TPSA) is 79.8 Å². The minimum absolute atomic E-state index is 0.165. The Kier molecular flexibility index (Phi) is 8.50. The Morgan fingerprint density at radius 1 is 0.882 bits per heavy atom. The Morgan fingerprint density at radius 2 is 1.35 bits per heavy atom. The van der Waals surface area contributed by atoms with Crippen molar-refractivity contribution in [2.24, 2.45) is 0 Å². The second-order valence-corrected chi connectivity index (χ2v) is 4.39. The average Bonchev–Trinajstić information content (AvgIpc) is 2.32. The van der Waals surface area contributed by atoms with E-state index in [1.54, 1.807) is 0 Å². The Labute approximate surface area is 103 Å². The third-order valence-corrected chi connectivity index (χ3v) is 2.85. The van der Waals surface area contributed by atoms with Gasteiger partial charge in [0.1, 0.15) is 0 Å². The summed E-state index contributed by atoms with van der Waals surface area (Å²) in [7, 11) is 0. The molecule has 102 valence electrons. The zero-order valence-corrected chi connectivity index (χ0v) is 10.5. The highest BCUT2D eigenvalue weighted by molar-refractivity contribution is 4.68. The van der Waals surface area contributed by atoms with Gasteiger partial charge in [-0.1, -0.05) is 0 Å². The van der Waals surface area contributed by atoms with Crippen molar-refractivity contribution in [3.63, 3.8) is 0 Å². The molecule has 5 N–H and O–H groups in total. The van der Waals surface area contributed by atoms with Crippen molar-refractivity contribution in [3.8, 4) is 0 Å². The van der Waals surface area contributed by atoms with Gasteiger partial charge < -0.3 is 26.2 Å². The molecule has 1 aliphatic heterocycles. The van der Waals surface area contributed by atoms with Crippen LogP contribution < -0.4 is 16.0 Å². The fourth-order valence-electron chi connectivity index (χ4n) is 1.85. The summed E-state index contributed by atoms with van der Waals surface area (Å²) in [6, 6.07) is 0. The first-order chi connectivity index (χ1) is 8.33. The lowest BCUT2D eigenvalue weighted by atomic mass is 10.3. The highest BCUT2D eigenvalue weighted by Crippen LogP contribution is 1.91. The van der Waals surface area contributed by atoms with Gasteiger partial charge in [0, 0.05) is 58.9 Å². The van der Waals surface area contributed by atoms with E-state index in [1.165, 1.54) is 0 Å². The predicted molar refractivity (Wildman–Crippen MR) is 68.1 cm³/mol. The Morgan fingerprint density at radius 3 is 1.82 bits per heavy atom. The largest absolute Gasteiger partial charge is 0.394 e. The van der Waals surface area contributed by atoms with Crippen LogP contribution in [0.1, 0.15) is 0 Å². The van der Waals surface area contributed by atoms with Crippen LogP contribution in [0.25, 0.3) is 0 Å². The van der Waals surface area contributed by atoms with Crippen molar-refractivity contribution in [1.29, 1.82) is 0 Å². The summed E-state index contributed by atoms with van der Waals surface area (Å²) in [5.41, 5.74) is 0. The van der Waals surface area contributed by atoms with Crippen molar-refractivity contribution in [2.45, 2.75) is 6.10 Å². The fourth-order valence-corrected chi connectivity index (χ4v) is 1.85. The molecule has 1 saturated heterocycles. The maximum atomic E-state index is 9.46. The van der Waals surface area contributed by atoms with Crippen LogP contribution in [-0.2, 0) is 0 Å². The third kappa shape index (κ3) is 7.64. The van der Waals surface area contributed by atoms with Gasteiger partial charge in [0.25, 0.3) is 0 Å². The van der Waals surface area contributed by atoms with Crippen molar-refractivity contribution in [3.05, 3.63) is 0 Å². The highest BCUT2D eigenvalue weighted by Gasteiger charge is 2.10. The smallest absolute Gasteiger partial charge is 0.0897 e. The number of aliphatic hydroxyl groups excluding tert-OH is 2. The van der Waals surface area contributed by atoms with E-state index in [-0.39, 0.29) is 6.61 Å². The molecule has 1 aliphatic rings. The van der Waals surface area contributed by atoms with E-state index in [1.807, 2.05) is 0 Å². The summed E-state index contributed by atoms with van der Waals surface area (Å²) >= 11 is 0. The molecule has 0 saturated carbocycles. The number of β-amino-alcohol motifs (C(OH)–C–C–N with tert-alkyl or cyclic N) is 1. The van der Waals surface area contributed by atoms with E-state index < -0.39 is 6.10 Å². The molecule has 6 heteroatoms. The molecule has 0 aromatic carbocycles. The number of hydrogen-bond donors (Lipinski definition) is 5. The second kappa shape index (κ2) is 9.76. The number of nitrogens with zero attached hydrogens (tertiary/aromatic N) is 1. The predicted octanol–water partition coefficient (Wildman–Crippen LogP) is -2.58. The van der Waals surface area contributed by atoms with E-state index in [0.29, 0.717) is 6.54 Å². The molecule has 0 aromatic heterocycles. The molecule has 0 amide bonds. The Bertz CT molecular complexity index is 171. The van der Waals surface area contributed by atoms with Gasteiger partial charge in [-0.25, -0.2) is 0 Å². The summed E-state index contributed by atoms with van der Waals surface area (Å²) in [6.07, 6.45) is -0.635. The number of aliphatic hydroxyl groups is 2. The lowest BCUT2D eigenvalue weighted by Crippen LogP contribution is -2.44. The summed E-state index contributed by atoms with van der Waals surface area (Å²) in [5.74, 6) is 0. The van der Waals surface area contributed by atoms with Crippen LogP contribution in [0.4, 0.5) is 0 Å². The molecule has 1 heterocycles. The summed E-state index contributed by atoms with van der Waals surface area (Å²) in [4.78, 5) is 2.18. The molecule has 17 heavy (non-hydrogen) atoms. The average molecular weight is 246 g/mol. The van der Waals surface area contributed by atoms with Crippen LogP contribution >= 0.6 is 0 Å². The molecule has 0 radical (unpaired) electrons. The maximum Gasteiger partial charge on any atom is 0.0897 e. The lowest BCUT2D eigenvalue weighted by Gasteiger charge is -2.25. The van der Waals surface area contributed by atoms with Crippen molar-refractivity contribution < 1.29 is 10.2 Å². The van der Waals surface area contributed by atoms with E-state index >= 15 is 0 Å². The molecule has 0 bridgehead atoms. The van der Waals surface area contributed by atoms with Gasteiger partial charge in [-0.2, -0.15) is 0 Å². The summed E-state index contributed by atoms with van der Waals surface area (Å²) < 4.78 is 0. The number of rotatable bonds is 3. The first kappa shape index (κ1) is 14.8. The number of hydrogen-bond acceptors (Lipinski definition) is 6. The van der Waals surface area contributed by atoms with Crippen molar-refractivity contribution in [2.75, 3.05) is 65.5 Å². The molecule has 1 fully saturated rings. The van der Waals surface area contributed by atoms with E-state index in [4.69, 9.17) is 5.11 Å². The fraction of sp³-hybridized carbons (Fsp3) is 1.00. The van der Waals surface area contributed by atoms with E-state index in [0.717, 1.165) is 52.4 Å². The van der Waals surface area contributed by atoms with Crippen LogP contribution in [-0.4, -0.2) is 86.7 Å². The van der Waals surface area contributed by atoms with Crippen molar-refractivity contribution >= 4 is 0 Å². The Hall–Kier alpha value is -0.240. The maximum absolute atomic E-state index is 9.46. The first-order valence-corrected chi connectivity index (χ1v) is 6.46. The second-order valence-electron chi connectivity index (χ2n) is 4.39. The van der Waals surface area contributed by atoms with Gasteiger partial charge in [0.15, 0.2) is 0 Å². The molecule has 6 nitrogen and oxygen atoms in total. The molecule has 0 aromatic rings. The van der Waals surface area contributed by atoms with Crippen LogP contribution in [0.3, 0.4) is 0 Å². The van der Waals surface area contributed by atoms with Crippen LogP contribution in [0.15, 0.2) is 0 Å². The molecule has 1 unspecified atom stereocenters. The van der Waals surface area contributed by atoms with E-state index in [9.17, 15) is 5.11 Å². The lowest BCUT2D eigenvalue weighted by molar-refractivity contribution is 0.0596. The Balaban J connectivity index is 2.26. The molecule has 0 aliphatic carbocycles. The minimum Gasteiger partial charge on any atom is -0.394 e. The molecular formula is C11H26N4O2. The quantitative estimate of drug-likeness (QED) is 0.377. The monoisotopic (exact) mass is 246 g/mol. The molecule has 1 rings (SSSR count). The molecular weight excluding hydrogens is 220 g/mol. The highest BCUT2D eigenvalue weighted by atomic mass is 16.3. The van der Waals surface area contributed by atoms with Gasteiger partial charge in [-0.05, 0) is 0 Å².